The van der Waals surface area contributed by atoms with Gasteiger partial charge in [0.15, 0.2) is 0 Å². The quantitative estimate of drug-likeness (QED) is 0.847. The number of ether oxygens (including phenoxy) is 1. The van der Waals surface area contributed by atoms with Gasteiger partial charge in [0, 0.05) is 31.7 Å². The molecule has 110 valence electrons. The van der Waals surface area contributed by atoms with Gasteiger partial charge in [-0.25, -0.2) is 0 Å². The first-order valence-corrected chi connectivity index (χ1v) is 7.23. The number of amides is 1. The normalized spacial score (nSPS) is 16.3. The Balaban J connectivity index is 2.16. The number of hydrogen-bond donors (Lipinski definition) is 0. The van der Waals surface area contributed by atoms with Gasteiger partial charge in [0.25, 0.3) is 5.91 Å². The Bertz CT molecular complexity index is 491. The molecule has 2 rings (SSSR count). The molecular weight excluding hydrogens is 252 g/mol. The highest BCUT2D eigenvalue weighted by atomic mass is 16.5. The molecule has 4 nitrogen and oxygen atoms in total. The van der Waals surface area contributed by atoms with E-state index in [0.717, 1.165) is 55.2 Å². The summed E-state index contributed by atoms with van der Waals surface area (Å²) >= 11 is 0. The van der Waals surface area contributed by atoms with Crippen LogP contribution in [0.15, 0.2) is 12.1 Å². The van der Waals surface area contributed by atoms with Gasteiger partial charge in [-0.1, -0.05) is 6.92 Å². The van der Waals surface area contributed by atoms with Crippen molar-refractivity contribution in [2.45, 2.75) is 20.8 Å². The molecule has 1 fully saturated rings. The van der Waals surface area contributed by atoms with Gasteiger partial charge in [-0.15, -0.1) is 0 Å². The lowest BCUT2D eigenvalue weighted by Crippen LogP contribution is -2.48. The minimum atomic E-state index is 0.143. The summed E-state index contributed by atoms with van der Waals surface area (Å²) in [7, 11) is 1.66. The average molecular weight is 276 g/mol. The maximum absolute atomic E-state index is 12.6. The number of carbonyl (C=O) groups is 1. The van der Waals surface area contributed by atoms with Gasteiger partial charge < -0.3 is 14.5 Å². The van der Waals surface area contributed by atoms with Crippen molar-refractivity contribution in [2.24, 2.45) is 0 Å². The summed E-state index contributed by atoms with van der Waals surface area (Å²) in [5.74, 6) is 0.985. The van der Waals surface area contributed by atoms with E-state index in [1.165, 1.54) is 0 Å². The molecule has 0 unspecified atom stereocenters. The summed E-state index contributed by atoms with van der Waals surface area (Å²) in [6.07, 6.45) is 0. The molecule has 0 aliphatic carbocycles. The van der Waals surface area contributed by atoms with Gasteiger partial charge in [-0.2, -0.15) is 0 Å². The highest BCUT2D eigenvalue weighted by molar-refractivity contribution is 5.96. The number of hydrogen-bond acceptors (Lipinski definition) is 3. The molecule has 0 spiro atoms. The molecule has 0 saturated carbocycles. The highest BCUT2D eigenvalue weighted by Gasteiger charge is 2.23. The number of carbonyl (C=O) groups excluding carboxylic acids is 1. The molecule has 1 aromatic carbocycles. The zero-order valence-electron chi connectivity index (χ0n) is 12.9. The summed E-state index contributed by atoms with van der Waals surface area (Å²) in [6.45, 7) is 10.7. The van der Waals surface area contributed by atoms with Crippen LogP contribution in [-0.4, -0.2) is 55.5 Å². The first kappa shape index (κ1) is 14.9. The summed E-state index contributed by atoms with van der Waals surface area (Å²) in [5.41, 5.74) is 2.79. The maximum Gasteiger partial charge on any atom is 0.254 e. The first-order valence-electron chi connectivity index (χ1n) is 7.23. The Morgan fingerprint density at radius 2 is 1.80 bits per heavy atom. The van der Waals surface area contributed by atoms with Crippen LogP contribution < -0.4 is 4.74 Å². The monoisotopic (exact) mass is 276 g/mol. The van der Waals surface area contributed by atoms with Crippen molar-refractivity contribution in [3.05, 3.63) is 28.8 Å². The second-order valence-corrected chi connectivity index (χ2v) is 5.36. The zero-order chi connectivity index (χ0) is 14.7. The van der Waals surface area contributed by atoms with Crippen LogP contribution >= 0.6 is 0 Å². The smallest absolute Gasteiger partial charge is 0.254 e. The molecule has 1 aliphatic rings. The third-order valence-electron chi connectivity index (χ3n) is 4.08. The topological polar surface area (TPSA) is 32.8 Å². The fourth-order valence-corrected chi connectivity index (χ4v) is 2.68. The lowest BCUT2D eigenvalue weighted by atomic mass is 10.0. The molecule has 20 heavy (non-hydrogen) atoms. The van der Waals surface area contributed by atoms with E-state index in [-0.39, 0.29) is 5.91 Å². The fraction of sp³-hybridized carbons (Fsp3) is 0.562. The van der Waals surface area contributed by atoms with Gasteiger partial charge >= 0.3 is 0 Å². The highest BCUT2D eigenvalue weighted by Crippen LogP contribution is 2.23. The van der Waals surface area contributed by atoms with Crippen molar-refractivity contribution in [1.29, 1.82) is 0 Å². The van der Waals surface area contributed by atoms with Gasteiger partial charge in [0.05, 0.1) is 7.11 Å². The molecule has 0 bridgehead atoms. The Labute approximate surface area is 121 Å². The van der Waals surface area contributed by atoms with E-state index in [1.807, 2.05) is 30.9 Å². The van der Waals surface area contributed by atoms with Crippen molar-refractivity contribution < 1.29 is 9.53 Å². The molecule has 1 saturated heterocycles. The van der Waals surface area contributed by atoms with Crippen molar-refractivity contribution in [1.82, 2.24) is 9.80 Å². The van der Waals surface area contributed by atoms with Crippen molar-refractivity contribution in [2.75, 3.05) is 39.8 Å². The number of methoxy groups -OCH3 is 1. The fourth-order valence-electron chi connectivity index (χ4n) is 2.68. The van der Waals surface area contributed by atoms with Crippen LogP contribution in [0.3, 0.4) is 0 Å². The summed E-state index contributed by atoms with van der Waals surface area (Å²) < 4.78 is 5.30. The van der Waals surface area contributed by atoms with E-state index in [1.54, 1.807) is 7.11 Å². The van der Waals surface area contributed by atoms with Crippen LogP contribution in [0.1, 0.15) is 28.4 Å². The van der Waals surface area contributed by atoms with Crippen LogP contribution in [-0.2, 0) is 0 Å². The number of nitrogens with zero attached hydrogens (tertiary/aromatic N) is 2. The minimum Gasteiger partial charge on any atom is -0.496 e. The van der Waals surface area contributed by atoms with Crippen molar-refractivity contribution >= 4 is 5.91 Å². The van der Waals surface area contributed by atoms with Crippen LogP contribution in [0.2, 0.25) is 0 Å². The first-order chi connectivity index (χ1) is 9.56. The standard InChI is InChI=1S/C16H24N2O2/c1-5-17-6-8-18(9-7-17)16(19)14-10-13(3)15(20-4)11-12(14)2/h10-11H,5-9H2,1-4H3. The Hall–Kier alpha value is -1.55. The third-order valence-corrected chi connectivity index (χ3v) is 4.08. The van der Waals surface area contributed by atoms with E-state index in [4.69, 9.17) is 4.74 Å². The van der Waals surface area contributed by atoms with Crippen molar-refractivity contribution in [3.63, 3.8) is 0 Å². The molecule has 0 aromatic heterocycles. The molecule has 0 atom stereocenters. The van der Waals surface area contributed by atoms with Gasteiger partial charge in [0.1, 0.15) is 5.75 Å². The van der Waals surface area contributed by atoms with E-state index in [2.05, 4.69) is 11.8 Å². The van der Waals surface area contributed by atoms with Crippen LogP contribution in [0.25, 0.3) is 0 Å². The van der Waals surface area contributed by atoms with Crippen LogP contribution in [0.5, 0.6) is 5.75 Å². The predicted molar refractivity (Wildman–Crippen MR) is 80.5 cm³/mol. The molecule has 4 heteroatoms. The van der Waals surface area contributed by atoms with Gasteiger partial charge in [-0.3, -0.25) is 4.79 Å². The number of aryl methyl sites for hydroxylation is 2. The lowest BCUT2D eigenvalue weighted by Gasteiger charge is -2.34. The molecule has 1 amide bonds. The summed E-state index contributed by atoms with van der Waals surface area (Å²) in [5, 5.41) is 0. The second kappa shape index (κ2) is 6.27. The lowest BCUT2D eigenvalue weighted by molar-refractivity contribution is 0.0642. The molecule has 1 heterocycles. The maximum atomic E-state index is 12.6. The van der Waals surface area contributed by atoms with Crippen molar-refractivity contribution in [3.8, 4) is 5.75 Å². The molecular formula is C16H24N2O2. The van der Waals surface area contributed by atoms with Crippen LogP contribution in [0.4, 0.5) is 0 Å². The number of benzene rings is 1. The Morgan fingerprint density at radius 3 is 2.35 bits per heavy atom. The average Bonchev–Trinajstić information content (AvgIpc) is 2.48. The molecule has 0 N–H and O–H groups in total. The Morgan fingerprint density at radius 1 is 1.15 bits per heavy atom. The molecule has 1 aliphatic heterocycles. The Kier molecular flexibility index (Phi) is 4.65. The number of piperazine rings is 1. The van der Waals surface area contributed by atoms with Gasteiger partial charge in [-0.05, 0) is 43.7 Å². The summed E-state index contributed by atoms with van der Waals surface area (Å²) in [4.78, 5) is 17.0. The predicted octanol–water partition coefficient (Wildman–Crippen LogP) is 2.09. The summed E-state index contributed by atoms with van der Waals surface area (Å²) in [6, 6.07) is 3.90. The zero-order valence-corrected chi connectivity index (χ0v) is 12.9. The van der Waals surface area contributed by atoms with E-state index in [0.29, 0.717) is 0 Å². The SMILES string of the molecule is CCN1CCN(C(=O)c2cc(C)c(OC)cc2C)CC1. The number of likely N-dealkylation sites (N-methyl/N-ethyl adjacent to an activating group) is 1. The van der Waals surface area contributed by atoms with E-state index < -0.39 is 0 Å². The van der Waals surface area contributed by atoms with E-state index >= 15 is 0 Å². The largest absolute Gasteiger partial charge is 0.496 e. The molecule has 0 radical (unpaired) electrons. The minimum absolute atomic E-state index is 0.143. The second-order valence-electron chi connectivity index (χ2n) is 5.36. The number of rotatable bonds is 3. The van der Waals surface area contributed by atoms with Crippen LogP contribution in [0, 0.1) is 13.8 Å². The molecule has 1 aromatic rings. The van der Waals surface area contributed by atoms with Gasteiger partial charge in [0.2, 0.25) is 0 Å². The third kappa shape index (κ3) is 2.96. The van der Waals surface area contributed by atoms with E-state index in [9.17, 15) is 4.79 Å².